The SMILES string of the molecule is CC1CC(C)CN(S(=O)(=O)CC(N)C(C)(C)C)C1. The Hall–Kier alpha value is -0.130. The Morgan fingerprint density at radius 3 is 2.06 bits per heavy atom. The fourth-order valence-corrected chi connectivity index (χ4v) is 4.54. The van der Waals surface area contributed by atoms with Crippen molar-refractivity contribution in [3.63, 3.8) is 0 Å². The van der Waals surface area contributed by atoms with Crippen LogP contribution >= 0.6 is 0 Å². The highest BCUT2D eigenvalue weighted by atomic mass is 32.2. The first-order chi connectivity index (χ1) is 8.02. The Kier molecular flexibility index (Phi) is 4.84. The van der Waals surface area contributed by atoms with Gasteiger partial charge in [-0.05, 0) is 23.7 Å². The van der Waals surface area contributed by atoms with Crippen LogP contribution in [0.5, 0.6) is 0 Å². The highest BCUT2D eigenvalue weighted by molar-refractivity contribution is 7.89. The zero-order chi connectivity index (χ0) is 14.1. The van der Waals surface area contributed by atoms with E-state index >= 15 is 0 Å². The van der Waals surface area contributed by atoms with Crippen LogP contribution in [0.1, 0.15) is 41.0 Å². The molecule has 0 radical (unpaired) electrons. The molecule has 0 spiro atoms. The van der Waals surface area contributed by atoms with Gasteiger partial charge in [0, 0.05) is 19.1 Å². The van der Waals surface area contributed by atoms with E-state index < -0.39 is 10.0 Å². The lowest BCUT2D eigenvalue weighted by atomic mass is 9.89. The van der Waals surface area contributed by atoms with Crippen LogP contribution in [0.4, 0.5) is 0 Å². The number of nitrogens with zero attached hydrogens (tertiary/aromatic N) is 1. The minimum Gasteiger partial charge on any atom is -0.326 e. The minimum absolute atomic E-state index is 0.0515. The van der Waals surface area contributed by atoms with Crippen LogP contribution in [-0.2, 0) is 10.0 Å². The maximum absolute atomic E-state index is 12.4. The van der Waals surface area contributed by atoms with Crippen molar-refractivity contribution in [3.8, 4) is 0 Å². The Balaban J connectivity index is 2.75. The van der Waals surface area contributed by atoms with Gasteiger partial charge >= 0.3 is 0 Å². The van der Waals surface area contributed by atoms with E-state index in [2.05, 4.69) is 13.8 Å². The Morgan fingerprint density at radius 2 is 1.67 bits per heavy atom. The first-order valence-corrected chi connectivity index (χ1v) is 8.36. The van der Waals surface area contributed by atoms with Crippen LogP contribution in [0, 0.1) is 17.3 Å². The lowest BCUT2D eigenvalue weighted by Gasteiger charge is -2.36. The summed E-state index contributed by atoms with van der Waals surface area (Å²) in [6, 6.07) is -0.324. The van der Waals surface area contributed by atoms with Gasteiger partial charge in [0.2, 0.25) is 10.0 Å². The molecule has 1 aliphatic heterocycles. The molecule has 1 fully saturated rings. The van der Waals surface area contributed by atoms with E-state index in [9.17, 15) is 8.42 Å². The molecule has 0 amide bonds. The van der Waals surface area contributed by atoms with Crippen LogP contribution in [0.2, 0.25) is 0 Å². The fraction of sp³-hybridized carbons (Fsp3) is 1.00. The van der Waals surface area contributed by atoms with Crippen LogP contribution in [0.15, 0.2) is 0 Å². The summed E-state index contributed by atoms with van der Waals surface area (Å²) in [6.45, 7) is 11.5. The summed E-state index contributed by atoms with van der Waals surface area (Å²) in [5.74, 6) is 0.930. The van der Waals surface area contributed by atoms with Gasteiger partial charge < -0.3 is 5.73 Å². The summed E-state index contributed by atoms with van der Waals surface area (Å²) in [7, 11) is -3.22. The van der Waals surface area contributed by atoms with E-state index in [1.54, 1.807) is 4.31 Å². The normalized spacial score (nSPS) is 29.2. The second-order valence-corrected chi connectivity index (χ2v) is 9.03. The average Bonchev–Trinajstić information content (AvgIpc) is 2.13. The van der Waals surface area contributed by atoms with Crippen molar-refractivity contribution in [2.45, 2.75) is 47.1 Å². The molecule has 4 nitrogen and oxygen atoms in total. The van der Waals surface area contributed by atoms with Crippen LogP contribution < -0.4 is 5.73 Å². The largest absolute Gasteiger partial charge is 0.326 e. The van der Waals surface area contributed by atoms with Gasteiger partial charge in [-0.15, -0.1) is 0 Å². The summed E-state index contributed by atoms with van der Waals surface area (Å²) in [4.78, 5) is 0. The van der Waals surface area contributed by atoms with Crippen LogP contribution in [0.3, 0.4) is 0 Å². The van der Waals surface area contributed by atoms with E-state index in [4.69, 9.17) is 5.73 Å². The molecular weight excluding hydrogens is 248 g/mol. The Morgan fingerprint density at radius 1 is 1.22 bits per heavy atom. The zero-order valence-corrected chi connectivity index (χ0v) is 13.1. The van der Waals surface area contributed by atoms with Gasteiger partial charge in [-0.3, -0.25) is 0 Å². The molecule has 0 saturated carbocycles. The van der Waals surface area contributed by atoms with Gasteiger partial charge in [-0.25, -0.2) is 12.7 Å². The molecule has 1 rings (SSSR count). The van der Waals surface area contributed by atoms with Gasteiger partial charge in [-0.2, -0.15) is 0 Å². The van der Waals surface area contributed by atoms with E-state index in [1.807, 2.05) is 20.8 Å². The Labute approximate surface area is 112 Å². The molecule has 3 unspecified atom stereocenters. The maximum atomic E-state index is 12.4. The molecule has 0 bridgehead atoms. The second-order valence-electron chi connectivity index (χ2n) is 7.01. The van der Waals surface area contributed by atoms with Crippen molar-refractivity contribution in [3.05, 3.63) is 0 Å². The van der Waals surface area contributed by atoms with E-state index in [1.165, 1.54) is 0 Å². The standard InChI is InChI=1S/C13H28N2O2S/c1-10-6-11(2)8-15(7-10)18(16,17)9-12(14)13(3,4)5/h10-12H,6-9,14H2,1-5H3. The monoisotopic (exact) mass is 276 g/mol. The molecule has 3 atom stereocenters. The quantitative estimate of drug-likeness (QED) is 0.853. The number of sulfonamides is 1. The summed E-state index contributed by atoms with van der Waals surface area (Å²) in [5, 5.41) is 0. The smallest absolute Gasteiger partial charge is 0.215 e. The second kappa shape index (κ2) is 5.47. The predicted octanol–water partition coefficient (Wildman–Crippen LogP) is 1.67. The zero-order valence-electron chi connectivity index (χ0n) is 12.3. The third-order valence-electron chi connectivity index (χ3n) is 3.73. The van der Waals surface area contributed by atoms with E-state index in [-0.39, 0.29) is 17.2 Å². The molecule has 0 aromatic rings. The number of hydrogen-bond donors (Lipinski definition) is 1. The third kappa shape index (κ3) is 4.21. The molecule has 18 heavy (non-hydrogen) atoms. The maximum Gasteiger partial charge on any atom is 0.215 e. The molecule has 5 heteroatoms. The molecule has 1 aliphatic rings. The predicted molar refractivity (Wildman–Crippen MR) is 75.7 cm³/mol. The van der Waals surface area contributed by atoms with E-state index in [0.29, 0.717) is 24.9 Å². The average molecular weight is 276 g/mol. The summed E-state index contributed by atoms with van der Waals surface area (Å²) in [6.07, 6.45) is 1.11. The third-order valence-corrected chi connectivity index (χ3v) is 5.60. The summed E-state index contributed by atoms with van der Waals surface area (Å²) < 4.78 is 26.4. The molecule has 0 aromatic carbocycles. The number of hydrogen-bond acceptors (Lipinski definition) is 3. The summed E-state index contributed by atoms with van der Waals surface area (Å²) in [5.41, 5.74) is 5.83. The molecule has 108 valence electrons. The molecule has 1 heterocycles. The fourth-order valence-electron chi connectivity index (χ4n) is 2.42. The van der Waals surface area contributed by atoms with Gasteiger partial charge in [0.15, 0.2) is 0 Å². The Bertz CT molecular complexity index is 363. The topological polar surface area (TPSA) is 63.4 Å². The van der Waals surface area contributed by atoms with Crippen LogP contribution in [0.25, 0.3) is 0 Å². The van der Waals surface area contributed by atoms with Gasteiger partial charge in [-0.1, -0.05) is 34.6 Å². The number of rotatable bonds is 3. The van der Waals surface area contributed by atoms with Crippen molar-refractivity contribution < 1.29 is 8.42 Å². The lowest BCUT2D eigenvalue weighted by Crippen LogP contribution is -2.49. The van der Waals surface area contributed by atoms with Gasteiger partial charge in [0.1, 0.15) is 0 Å². The lowest BCUT2D eigenvalue weighted by molar-refractivity contribution is 0.220. The minimum atomic E-state index is -3.22. The van der Waals surface area contributed by atoms with Gasteiger partial charge in [0.05, 0.1) is 5.75 Å². The van der Waals surface area contributed by atoms with Crippen LogP contribution in [-0.4, -0.2) is 37.6 Å². The highest BCUT2D eigenvalue weighted by Crippen LogP contribution is 2.25. The first kappa shape index (κ1) is 15.9. The van der Waals surface area contributed by atoms with Gasteiger partial charge in [0.25, 0.3) is 0 Å². The van der Waals surface area contributed by atoms with Crippen molar-refractivity contribution in [1.29, 1.82) is 0 Å². The van der Waals surface area contributed by atoms with Crippen molar-refractivity contribution in [2.24, 2.45) is 23.0 Å². The highest BCUT2D eigenvalue weighted by Gasteiger charge is 2.34. The van der Waals surface area contributed by atoms with Crippen molar-refractivity contribution >= 4 is 10.0 Å². The molecule has 0 aromatic heterocycles. The molecule has 0 aliphatic carbocycles. The first-order valence-electron chi connectivity index (χ1n) is 6.75. The molecule has 2 N–H and O–H groups in total. The van der Waals surface area contributed by atoms with Crippen molar-refractivity contribution in [2.75, 3.05) is 18.8 Å². The number of piperidine rings is 1. The summed E-state index contributed by atoms with van der Waals surface area (Å²) >= 11 is 0. The number of nitrogens with two attached hydrogens (primary N) is 1. The molecule has 1 saturated heterocycles. The van der Waals surface area contributed by atoms with Crippen molar-refractivity contribution in [1.82, 2.24) is 4.31 Å². The van der Waals surface area contributed by atoms with E-state index in [0.717, 1.165) is 6.42 Å². The molecular formula is C13H28N2O2S.